The Morgan fingerprint density at radius 3 is 2.76 bits per heavy atom. The van der Waals surface area contributed by atoms with Gasteiger partial charge in [-0.15, -0.1) is 0 Å². The van der Waals surface area contributed by atoms with E-state index in [-0.39, 0.29) is 11.2 Å². The summed E-state index contributed by atoms with van der Waals surface area (Å²) in [5.74, 6) is -0.0735. The Morgan fingerprint density at radius 2 is 1.94 bits per heavy atom. The number of hydrogen-bond acceptors (Lipinski definition) is 1. The average molecular weight is 233 g/mol. The van der Waals surface area contributed by atoms with Crippen molar-refractivity contribution >= 4 is 0 Å². The summed E-state index contributed by atoms with van der Waals surface area (Å²) in [7, 11) is 0. The maximum Gasteiger partial charge on any atom is 0.123 e. The molecule has 0 amide bonds. The number of benzene rings is 1. The molecule has 2 heteroatoms. The minimum atomic E-state index is -0.0735. The summed E-state index contributed by atoms with van der Waals surface area (Å²) in [6.07, 6.45) is 7.39. The third-order valence-corrected chi connectivity index (χ3v) is 4.49. The molecule has 0 saturated heterocycles. The van der Waals surface area contributed by atoms with Gasteiger partial charge in [0, 0.05) is 12.0 Å². The van der Waals surface area contributed by atoms with Crippen molar-refractivity contribution < 1.29 is 4.39 Å². The number of hydrogen-bond donors (Lipinski definition) is 1. The van der Waals surface area contributed by atoms with Gasteiger partial charge in [-0.05, 0) is 49.1 Å². The Hall–Kier alpha value is -0.890. The first-order valence-corrected chi connectivity index (χ1v) is 6.80. The molecule has 92 valence electrons. The van der Waals surface area contributed by atoms with Gasteiger partial charge in [-0.25, -0.2) is 4.39 Å². The first-order chi connectivity index (χ1) is 8.30. The maximum atomic E-state index is 13.5. The van der Waals surface area contributed by atoms with Gasteiger partial charge in [0.15, 0.2) is 0 Å². The van der Waals surface area contributed by atoms with Crippen LogP contribution in [0.25, 0.3) is 0 Å². The van der Waals surface area contributed by atoms with Crippen molar-refractivity contribution in [3.63, 3.8) is 0 Å². The topological polar surface area (TPSA) is 12.0 Å². The molecule has 1 fully saturated rings. The summed E-state index contributed by atoms with van der Waals surface area (Å²) in [6.45, 7) is 2.06. The van der Waals surface area contributed by atoms with Gasteiger partial charge in [-0.3, -0.25) is 0 Å². The van der Waals surface area contributed by atoms with E-state index in [1.807, 2.05) is 6.07 Å². The van der Waals surface area contributed by atoms with Crippen molar-refractivity contribution in [2.75, 3.05) is 13.1 Å². The lowest BCUT2D eigenvalue weighted by Gasteiger charge is -2.38. The molecule has 0 unspecified atom stereocenters. The number of fused-ring (bicyclic) bond motifs is 2. The Balaban J connectivity index is 2.07. The Bertz CT molecular complexity index is 407. The molecule has 0 bridgehead atoms. The SMILES string of the molecule is Fc1ccc2c(c1)C1(CCCCC1)CNCC2. The van der Waals surface area contributed by atoms with Crippen LogP contribution in [-0.2, 0) is 11.8 Å². The molecule has 0 aromatic heterocycles. The molecule has 1 aliphatic heterocycles. The molecular formula is C15H20FN. The summed E-state index contributed by atoms with van der Waals surface area (Å²) < 4.78 is 13.5. The van der Waals surface area contributed by atoms with E-state index < -0.39 is 0 Å². The van der Waals surface area contributed by atoms with Gasteiger partial charge >= 0.3 is 0 Å². The lowest BCUT2D eigenvalue weighted by molar-refractivity contribution is 0.285. The van der Waals surface area contributed by atoms with E-state index in [0.29, 0.717) is 0 Å². The second-order valence-corrected chi connectivity index (χ2v) is 5.57. The summed E-state index contributed by atoms with van der Waals surface area (Å²) in [6, 6.07) is 5.41. The lowest BCUT2D eigenvalue weighted by atomic mass is 9.68. The Morgan fingerprint density at radius 1 is 1.12 bits per heavy atom. The Labute approximate surface area is 102 Å². The van der Waals surface area contributed by atoms with Crippen LogP contribution >= 0.6 is 0 Å². The molecule has 0 radical (unpaired) electrons. The highest BCUT2D eigenvalue weighted by Gasteiger charge is 2.36. The largest absolute Gasteiger partial charge is 0.316 e. The highest BCUT2D eigenvalue weighted by molar-refractivity contribution is 5.37. The van der Waals surface area contributed by atoms with Crippen LogP contribution in [0.5, 0.6) is 0 Å². The minimum absolute atomic E-state index is 0.0735. The van der Waals surface area contributed by atoms with Crippen molar-refractivity contribution in [1.29, 1.82) is 0 Å². The van der Waals surface area contributed by atoms with Gasteiger partial charge in [-0.1, -0.05) is 25.3 Å². The van der Waals surface area contributed by atoms with Crippen LogP contribution in [0.3, 0.4) is 0 Å². The third-order valence-electron chi connectivity index (χ3n) is 4.49. The first kappa shape index (κ1) is 11.2. The maximum absolute atomic E-state index is 13.5. The van der Waals surface area contributed by atoms with Crippen molar-refractivity contribution in [1.82, 2.24) is 5.32 Å². The number of nitrogens with one attached hydrogen (secondary N) is 1. The van der Waals surface area contributed by atoms with Gasteiger partial charge in [0.05, 0.1) is 0 Å². The van der Waals surface area contributed by atoms with Crippen LogP contribution < -0.4 is 5.32 Å². The smallest absolute Gasteiger partial charge is 0.123 e. The summed E-state index contributed by atoms with van der Waals surface area (Å²) in [5, 5.41) is 3.55. The van der Waals surface area contributed by atoms with Crippen molar-refractivity contribution in [2.45, 2.75) is 43.9 Å². The quantitative estimate of drug-likeness (QED) is 0.725. The first-order valence-electron chi connectivity index (χ1n) is 6.80. The minimum Gasteiger partial charge on any atom is -0.316 e. The van der Waals surface area contributed by atoms with Crippen molar-refractivity contribution in [3.05, 3.63) is 35.1 Å². The highest BCUT2D eigenvalue weighted by atomic mass is 19.1. The molecule has 17 heavy (non-hydrogen) atoms. The molecule has 1 heterocycles. The molecule has 3 rings (SSSR count). The van der Waals surface area contributed by atoms with Gasteiger partial charge in [0.1, 0.15) is 5.82 Å². The van der Waals surface area contributed by atoms with Crippen LogP contribution in [0.1, 0.15) is 43.2 Å². The number of rotatable bonds is 0. The zero-order chi connectivity index (χ0) is 11.7. The van der Waals surface area contributed by atoms with Crippen molar-refractivity contribution in [2.24, 2.45) is 0 Å². The Kier molecular flexibility index (Phi) is 2.91. The number of halogens is 1. The van der Waals surface area contributed by atoms with E-state index >= 15 is 0 Å². The second-order valence-electron chi connectivity index (χ2n) is 5.57. The molecule has 1 aromatic rings. The van der Waals surface area contributed by atoms with Gasteiger partial charge in [-0.2, -0.15) is 0 Å². The van der Waals surface area contributed by atoms with Crippen LogP contribution in [0.15, 0.2) is 18.2 Å². The molecule has 1 nitrogen and oxygen atoms in total. The molecular weight excluding hydrogens is 213 g/mol. The highest BCUT2D eigenvalue weighted by Crippen LogP contribution is 2.41. The molecule has 0 atom stereocenters. The van der Waals surface area contributed by atoms with Crippen molar-refractivity contribution in [3.8, 4) is 0 Å². The van der Waals surface area contributed by atoms with E-state index in [1.165, 1.54) is 43.2 Å². The lowest BCUT2D eigenvalue weighted by Crippen LogP contribution is -2.38. The summed E-state index contributed by atoms with van der Waals surface area (Å²) in [5.41, 5.74) is 2.87. The zero-order valence-corrected chi connectivity index (χ0v) is 10.3. The average Bonchev–Trinajstić information content (AvgIpc) is 2.52. The molecule has 1 N–H and O–H groups in total. The van der Waals surface area contributed by atoms with Gasteiger partial charge in [0.25, 0.3) is 0 Å². The third kappa shape index (κ3) is 1.99. The van der Waals surface area contributed by atoms with Crippen LogP contribution in [-0.4, -0.2) is 13.1 Å². The van der Waals surface area contributed by atoms with E-state index in [2.05, 4.69) is 5.32 Å². The molecule has 2 aliphatic rings. The fourth-order valence-corrected chi connectivity index (χ4v) is 3.58. The molecule has 1 aromatic carbocycles. The zero-order valence-electron chi connectivity index (χ0n) is 10.3. The summed E-state index contributed by atoms with van der Waals surface area (Å²) in [4.78, 5) is 0. The normalized spacial score (nSPS) is 23.1. The van der Waals surface area contributed by atoms with E-state index in [4.69, 9.17) is 0 Å². The monoisotopic (exact) mass is 233 g/mol. The van der Waals surface area contributed by atoms with Crippen LogP contribution in [0.4, 0.5) is 4.39 Å². The van der Waals surface area contributed by atoms with Crippen LogP contribution in [0, 0.1) is 5.82 Å². The van der Waals surface area contributed by atoms with Gasteiger partial charge in [0.2, 0.25) is 0 Å². The summed E-state index contributed by atoms with van der Waals surface area (Å²) >= 11 is 0. The fourth-order valence-electron chi connectivity index (χ4n) is 3.58. The van der Waals surface area contributed by atoms with Crippen LogP contribution in [0.2, 0.25) is 0 Å². The fraction of sp³-hybridized carbons (Fsp3) is 0.600. The predicted molar refractivity (Wildman–Crippen MR) is 67.7 cm³/mol. The molecule has 1 spiro atoms. The molecule has 1 saturated carbocycles. The predicted octanol–water partition coefficient (Wildman–Crippen LogP) is 3.17. The second kappa shape index (κ2) is 4.41. The van der Waals surface area contributed by atoms with E-state index in [1.54, 1.807) is 12.1 Å². The standard InChI is InChI=1S/C15H20FN/c16-13-5-4-12-6-9-17-11-15(14(12)10-13)7-2-1-3-8-15/h4-5,10,17H,1-3,6-9,11H2. The van der Waals surface area contributed by atoms with E-state index in [0.717, 1.165) is 19.5 Å². The van der Waals surface area contributed by atoms with Gasteiger partial charge < -0.3 is 5.32 Å². The molecule has 1 aliphatic carbocycles. The van der Waals surface area contributed by atoms with E-state index in [9.17, 15) is 4.39 Å².